The highest BCUT2D eigenvalue weighted by molar-refractivity contribution is 9.10. The molecule has 1 aromatic rings. The first-order valence-electron chi connectivity index (χ1n) is 3.81. The van der Waals surface area contributed by atoms with Gasteiger partial charge in [0, 0.05) is 16.6 Å². The number of aliphatic hydroxyl groups excluding tert-OH is 1. The topological polar surface area (TPSA) is 29.5 Å². The fourth-order valence-electron chi connectivity index (χ4n) is 1.15. The molecule has 1 aromatic carbocycles. The Labute approximate surface area is 84.5 Å². The number of halogens is 2. The van der Waals surface area contributed by atoms with E-state index >= 15 is 0 Å². The van der Waals surface area contributed by atoms with E-state index in [1.165, 1.54) is 13.2 Å². The molecule has 0 aliphatic heterocycles. The molecule has 0 aliphatic rings. The molecule has 0 saturated carbocycles. The molecule has 0 spiro atoms. The van der Waals surface area contributed by atoms with Gasteiger partial charge in [-0.05, 0) is 18.6 Å². The van der Waals surface area contributed by atoms with Crippen LogP contribution in [0.15, 0.2) is 16.6 Å². The lowest BCUT2D eigenvalue weighted by Gasteiger charge is -2.08. The van der Waals surface area contributed by atoms with Gasteiger partial charge in [0.25, 0.3) is 0 Å². The standard InChI is InChI=1S/C9H10BrFO2/c1-13-9-6(2-3-12)4-7(10)5-8(9)11/h4-5,12H,2-3H2,1H3. The van der Waals surface area contributed by atoms with Crippen molar-refractivity contribution in [2.24, 2.45) is 0 Å². The number of hydrogen-bond donors (Lipinski definition) is 1. The maximum Gasteiger partial charge on any atom is 0.166 e. The Hall–Kier alpha value is -0.610. The number of ether oxygens (including phenoxy) is 1. The van der Waals surface area contributed by atoms with E-state index in [0.29, 0.717) is 16.5 Å². The van der Waals surface area contributed by atoms with E-state index in [1.54, 1.807) is 6.07 Å². The van der Waals surface area contributed by atoms with Gasteiger partial charge in [-0.25, -0.2) is 4.39 Å². The molecule has 0 aliphatic carbocycles. The minimum atomic E-state index is -0.416. The predicted molar refractivity (Wildman–Crippen MR) is 51.4 cm³/mol. The molecular formula is C9H10BrFO2. The van der Waals surface area contributed by atoms with Crippen molar-refractivity contribution in [3.8, 4) is 5.75 Å². The van der Waals surface area contributed by atoms with Gasteiger partial charge in [-0.2, -0.15) is 0 Å². The molecule has 0 unspecified atom stereocenters. The van der Waals surface area contributed by atoms with Gasteiger partial charge in [0.05, 0.1) is 7.11 Å². The molecule has 0 bridgehead atoms. The Balaban J connectivity index is 3.13. The van der Waals surface area contributed by atoms with Crippen LogP contribution in [0.3, 0.4) is 0 Å². The van der Waals surface area contributed by atoms with Crippen molar-refractivity contribution in [3.05, 3.63) is 28.0 Å². The molecule has 0 saturated heterocycles. The maximum absolute atomic E-state index is 13.2. The highest BCUT2D eigenvalue weighted by Crippen LogP contribution is 2.27. The van der Waals surface area contributed by atoms with E-state index in [0.717, 1.165) is 0 Å². The SMILES string of the molecule is COc1c(F)cc(Br)cc1CCO. The number of aliphatic hydroxyl groups is 1. The first-order valence-corrected chi connectivity index (χ1v) is 4.61. The van der Waals surface area contributed by atoms with Crippen LogP contribution < -0.4 is 4.74 Å². The fourth-order valence-corrected chi connectivity index (χ4v) is 1.63. The van der Waals surface area contributed by atoms with E-state index in [-0.39, 0.29) is 12.4 Å². The van der Waals surface area contributed by atoms with Crippen molar-refractivity contribution >= 4 is 15.9 Å². The van der Waals surface area contributed by atoms with Crippen molar-refractivity contribution in [1.29, 1.82) is 0 Å². The van der Waals surface area contributed by atoms with E-state index in [4.69, 9.17) is 9.84 Å². The zero-order valence-electron chi connectivity index (χ0n) is 7.18. The summed E-state index contributed by atoms with van der Waals surface area (Å²) in [6.07, 6.45) is 0.388. The van der Waals surface area contributed by atoms with Gasteiger partial charge in [-0.1, -0.05) is 15.9 Å². The Kier molecular flexibility index (Phi) is 3.69. The monoisotopic (exact) mass is 248 g/mol. The van der Waals surface area contributed by atoms with Crippen LogP contribution in [-0.2, 0) is 6.42 Å². The van der Waals surface area contributed by atoms with Crippen LogP contribution in [0.25, 0.3) is 0 Å². The lowest BCUT2D eigenvalue weighted by molar-refractivity contribution is 0.295. The number of benzene rings is 1. The molecule has 0 radical (unpaired) electrons. The van der Waals surface area contributed by atoms with Gasteiger partial charge in [0.2, 0.25) is 0 Å². The molecule has 13 heavy (non-hydrogen) atoms. The summed E-state index contributed by atoms with van der Waals surface area (Å²) in [5, 5.41) is 8.73. The van der Waals surface area contributed by atoms with Gasteiger partial charge >= 0.3 is 0 Å². The van der Waals surface area contributed by atoms with Crippen LogP contribution in [0.5, 0.6) is 5.75 Å². The average molecular weight is 249 g/mol. The van der Waals surface area contributed by atoms with Gasteiger partial charge in [-0.15, -0.1) is 0 Å². The zero-order valence-corrected chi connectivity index (χ0v) is 8.77. The summed E-state index contributed by atoms with van der Waals surface area (Å²) >= 11 is 3.17. The second kappa shape index (κ2) is 4.58. The highest BCUT2D eigenvalue weighted by atomic mass is 79.9. The van der Waals surface area contributed by atoms with Gasteiger partial charge < -0.3 is 9.84 Å². The quantitative estimate of drug-likeness (QED) is 0.889. The summed E-state index contributed by atoms with van der Waals surface area (Å²) in [6.45, 7) is -0.0216. The van der Waals surface area contributed by atoms with Crippen molar-refractivity contribution in [2.45, 2.75) is 6.42 Å². The van der Waals surface area contributed by atoms with Crippen LogP contribution in [0.4, 0.5) is 4.39 Å². The largest absolute Gasteiger partial charge is 0.493 e. The zero-order chi connectivity index (χ0) is 9.84. The van der Waals surface area contributed by atoms with Crippen molar-refractivity contribution < 1.29 is 14.2 Å². The summed E-state index contributed by atoms with van der Waals surface area (Å²) in [6, 6.07) is 3.07. The maximum atomic E-state index is 13.2. The Morgan fingerprint density at radius 1 is 1.54 bits per heavy atom. The van der Waals surface area contributed by atoms with Crippen molar-refractivity contribution in [1.82, 2.24) is 0 Å². The summed E-state index contributed by atoms with van der Waals surface area (Å²) in [7, 11) is 1.41. The van der Waals surface area contributed by atoms with E-state index < -0.39 is 5.82 Å². The van der Waals surface area contributed by atoms with E-state index in [2.05, 4.69) is 15.9 Å². The molecule has 2 nitrogen and oxygen atoms in total. The van der Waals surface area contributed by atoms with Crippen LogP contribution in [0.1, 0.15) is 5.56 Å². The molecule has 0 aromatic heterocycles. The summed E-state index contributed by atoms with van der Waals surface area (Å²) in [5.74, 6) is -0.211. The van der Waals surface area contributed by atoms with E-state index in [9.17, 15) is 4.39 Å². The van der Waals surface area contributed by atoms with Gasteiger partial charge in [-0.3, -0.25) is 0 Å². The highest BCUT2D eigenvalue weighted by Gasteiger charge is 2.09. The Morgan fingerprint density at radius 3 is 2.77 bits per heavy atom. The predicted octanol–water partition coefficient (Wildman–Crippen LogP) is 2.13. The lowest BCUT2D eigenvalue weighted by Crippen LogP contribution is -1.98. The minimum Gasteiger partial charge on any atom is -0.493 e. The third kappa shape index (κ3) is 2.42. The van der Waals surface area contributed by atoms with Crippen LogP contribution in [0.2, 0.25) is 0 Å². The van der Waals surface area contributed by atoms with Gasteiger partial charge in [0.1, 0.15) is 0 Å². The Morgan fingerprint density at radius 2 is 2.23 bits per heavy atom. The van der Waals surface area contributed by atoms with Crippen molar-refractivity contribution in [2.75, 3.05) is 13.7 Å². The lowest BCUT2D eigenvalue weighted by atomic mass is 10.1. The molecule has 0 heterocycles. The minimum absolute atomic E-state index is 0.0216. The summed E-state index contributed by atoms with van der Waals surface area (Å²) in [4.78, 5) is 0. The number of rotatable bonds is 3. The summed E-state index contributed by atoms with van der Waals surface area (Å²) in [5.41, 5.74) is 0.664. The van der Waals surface area contributed by atoms with Crippen LogP contribution >= 0.6 is 15.9 Å². The third-order valence-electron chi connectivity index (χ3n) is 1.67. The molecule has 4 heteroatoms. The molecule has 0 amide bonds. The first-order chi connectivity index (χ1) is 6.19. The smallest absolute Gasteiger partial charge is 0.166 e. The molecule has 0 atom stereocenters. The molecule has 0 fully saturated rings. The van der Waals surface area contributed by atoms with Gasteiger partial charge in [0.15, 0.2) is 11.6 Å². The first kappa shape index (κ1) is 10.5. The number of hydrogen-bond acceptors (Lipinski definition) is 2. The normalized spacial score (nSPS) is 10.2. The molecular weight excluding hydrogens is 239 g/mol. The van der Waals surface area contributed by atoms with Crippen LogP contribution in [-0.4, -0.2) is 18.8 Å². The van der Waals surface area contributed by atoms with Crippen LogP contribution in [0, 0.1) is 5.82 Å². The Bertz CT molecular complexity index is 302. The molecule has 72 valence electrons. The average Bonchev–Trinajstić information content (AvgIpc) is 2.04. The van der Waals surface area contributed by atoms with E-state index in [1.807, 2.05) is 0 Å². The number of methoxy groups -OCH3 is 1. The molecule has 1 N–H and O–H groups in total. The second-order valence-electron chi connectivity index (χ2n) is 2.55. The summed E-state index contributed by atoms with van der Waals surface area (Å²) < 4.78 is 18.7. The third-order valence-corrected chi connectivity index (χ3v) is 2.13. The second-order valence-corrected chi connectivity index (χ2v) is 3.47. The molecule has 1 rings (SSSR count). The van der Waals surface area contributed by atoms with Crippen molar-refractivity contribution in [3.63, 3.8) is 0 Å². The fraction of sp³-hybridized carbons (Fsp3) is 0.333.